The van der Waals surface area contributed by atoms with E-state index < -0.39 is 46.0 Å². The summed E-state index contributed by atoms with van der Waals surface area (Å²) in [5, 5.41) is 8.49. The third-order valence-electron chi connectivity index (χ3n) is 6.76. The summed E-state index contributed by atoms with van der Waals surface area (Å²) in [5.74, 6) is 0.110. The van der Waals surface area contributed by atoms with E-state index in [0.29, 0.717) is 35.9 Å². The Balaban J connectivity index is 1.40. The number of phosphoric acid groups is 1. The van der Waals surface area contributed by atoms with Crippen LogP contribution in [0.25, 0.3) is 11.0 Å². The second-order valence-corrected chi connectivity index (χ2v) is 17.7. The summed E-state index contributed by atoms with van der Waals surface area (Å²) in [7, 11) is -7.55. The number of hydrogen-bond donors (Lipinski definition) is 2. The highest BCUT2D eigenvalue weighted by Gasteiger charge is 2.40. The van der Waals surface area contributed by atoms with Crippen molar-refractivity contribution in [3.05, 3.63) is 66.0 Å². The molecule has 2 unspecified atom stereocenters. The van der Waals surface area contributed by atoms with E-state index in [0.717, 1.165) is 27.1 Å². The lowest BCUT2D eigenvalue weighted by atomic mass is 10.1. The average molecular weight is 707 g/mol. The van der Waals surface area contributed by atoms with Crippen LogP contribution >= 0.6 is 7.82 Å². The van der Waals surface area contributed by atoms with Gasteiger partial charge in [-0.15, -0.1) is 0 Å². The van der Waals surface area contributed by atoms with E-state index >= 15 is 0 Å². The fourth-order valence-corrected chi connectivity index (χ4v) is 8.85. The van der Waals surface area contributed by atoms with E-state index in [1.54, 1.807) is 72.1 Å². The van der Waals surface area contributed by atoms with Crippen molar-refractivity contribution < 1.29 is 35.3 Å². The second-order valence-electron chi connectivity index (χ2n) is 13.2. The fraction of sp³-hybridized carbons (Fsp3) is 0.433. The molecule has 4 aromatic rings. The van der Waals surface area contributed by atoms with E-state index in [1.165, 1.54) is 12.1 Å². The maximum Gasteiger partial charge on any atom is 0.531 e. The Morgan fingerprint density at radius 1 is 1.06 bits per heavy atom. The number of anilines is 3. The topological polar surface area (TPSA) is 175 Å². The molecule has 0 amide bonds. The molecule has 0 spiro atoms. The molecule has 14 nitrogen and oxygen atoms in total. The highest BCUT2D eigenvalue weighted by atomic mass is 32.2. The molecule has 0 fully saturated rings. The highest BCUT2D eigenvalue weighted by molar-refractivity contribution is 7.92. The van der Waals surface area contributed by atoms with Crippen LogP contribution in [0.3, 0.4) is 0 Å². The van der Waals surface area contributed by atoms with Crippen molar-refractivity contribution in [3.8, 4) is 5.75 Å². The molecular formula is C30H39N6O8PS2. The minimum atomic E-state index is -4.01. The van der Waals surface area contributed by atoms with Crippen molar-refractivity contribution in [2.75, 3.05) is 21.8 Å². The summed E-state index contributed by atoms with van der Waals surface area (Å²) in [6.07, 6.45) is 5.68. The zero-order chi connectivity index (χ0) is 34.4. The molecule has 2 N–H and O–H groups in total. The number of nitrogens with one attached hydrogen (secondary N) is 1. The van der Waals surface area contributed by atoms with E-state index in [4.69, 9.17) is 18.6 Å². The van der Waals surface area contributed by atoms with Crippen molar-refractivity contribution in [1.82, 2.24) is 19.7 Å². The van der Waals surface area contributed by atoms with Gasteiger partial charge in [0, 0.05) is 23.7 Å². The minimum Gasteiger partial charge on any atom is -0.404 e. The van der Waals surface area contributed by atoms with Gasteiger partial charge in [0.15, 0.2) is 15.5 Å². The number of benzene rings is 2. The molecule has 17 heteroatoms. The average Bonchev–Trinajstić information content (AvgIpc) is 3.54. The number of nitrogens with zero attached hydrogens (tertiary/aromatic N) is 5. The summed E-state index contributed by atoms with van der Waals surface area (Å²) < 4.78 is 79.1. The second kappa shape index (κ2) is 12.9. The Kier molecular flexibility index (Phi) is 9.58. The van der Waals surface area contributed by atoms with Gasteiger partial charge >= 0.3 is 7.82 Å². The van der Waals surface area contributed by atoms with Crippen LogP contribution in [0.5, 0.6) is 5.75 Å². The number of sulfone groups is 1. The Bertz CT molecular complexity index is 1940. The largest absolute Gasteiger partial charge is 0.531 e. The van der Waals surface area contributed by atoms with Gasteiger partial charge in [0.05, 0.1) is 34.5 Å². The number of phosphoric ester groups is 1. The van der Waals surface area contributed by atoms with Crippen LogP contribution in [-0.4, -0.2) is 60.3 Å². The third kappa shape index (κ3) is 8.75. The summed E-state index contributed by atoms with van der Waals surface area (Å²) in [4.78, 5) is 9.13. The number of rotatable bonds is 11. The first-order valence-electron chi connectivity index (χ1n) is 14.8. The predicted molar refractivity (Wildman–Crippen MR) is 181 cm³/mol. The Morgan fingerprint density at radius 2 is 1.72 bits per heavy atom. The van der Waals surface area contributed by atoms with Gasteiger partial charge in [-0.3, -0.25) is 17.9 Å². The predicted octanol–water partition coefficient (Wildman–Crippen LogP) is 6.17. The zero-order valence-electron chi connectivity index (χ0n) is 27.2. The summed E-state index contributed by atoms with van der Waals surface area (Å²) in [5.41, 5.74) is 1.71. The van der Waals surface area contributed by atoms with Gasteiger partial charge in [-0.05, 0) is 90.3 Å². The van der Waals surface area contributed by atoms with E-state index in [1.807, 2.05) is 16.8 Å². The number of aromatic nitrogens is 4. The fourth-order valence-electron chi connectivity index (χ4n) is 5.17. The van der Waals surface area contributed by atoms with Gasteiger partial charge in [-0.25, -0.2) is 26.9 Å². The van der Waals surface area contributed by atoms with Gasteiger partial charge in [-0.2, -0.15) is 10.1 Å². The normalized spacial score (nSPS) is 16.2. The minimum absolute atomic E-state index is 0.181. The molecule has 2 heterocycles. The monoisotopic (exact) mass is 706 g/mol. The quantitative estimate of drug-likeness (QED) is 0.134. The van der Waals surface area contributed by atoms with Crippen molar-refractivity contribution >= 4 is 57.3 Å². The van der Waals surface area contributed by atoms with Crippen molar-refractivity contribution in [2.24, 2.45) is 0 Å². The Hall–Kier alpha value is -3.40. The summed E-state index contributed by atoms with van der Waals surface area (Å²) in [6, 6.07) is 11.7. The molecule has 1 aliphatic carbocycles. The lowest BCUT2D eigenvalue weighted by Gasteiger charge is -2.31. The third-order valence-corrected chi connectivity index (χ3v) is 10.3. The van der Waals surface area contributed by atoms with Gasteiger partial charge in [-0.1, -0.05) is 12.1 Å². The molecule has 2 aromatic carbocycles. The molecule has 1 aliphatic rings. The van der Waals surface area contributed by atoms with Crippen LogP contribution in [0.1, 0.15) is 65.1 Å². The molecule has 254 valence electrons. The van der Waals surface area contributed by atoms with Crippen LogP contribution in [0.2, 0.25) is 0 Å². The van der Waals surface area contributed by atoms with Gasteiger partial charge in [0.25, 0.3) is 11.3 Å². The van der Waals surface area contributed by atoms with E-state index in [-0.39, 0.29) is 11.7 Å². The molecule has 2 atom stereocenters. The maximum absolute atomic E-state index is 13.9. The number of fused-ring (bicyclic) bond motifs is 2. The molecule has 0 saturated heterocycles. The van der Waals surface area contributed by atoms with E-state index in [9.17, 15) is 21.7 Å². The molecule has 0 bridgehead atoms. The first-order chi connectivity index (χ1) is 21.8. The lowest BCUT2D eigenvalue weighted by molar-refractivity contribution is 0.0223. The standard InChI is InChI=1S/C30H39N6O8PS2/c1-29(2,3)43-45(37,44-30(4,5)6)42-26-10-8-9-23-24(26)15-16-25(23)36-27-20(18-32-36)17-31-28(34-27)33-21-11-13-22(14-12-21)35(46(38)39)19-47(7,40)41/h8-14,17-18,25H,15-16,19H2,1-7H3,(H,38,39)(H,31,33,34). The van der Waals surface area contributed by atoms with E-state index in [2.05, 4.69) is 15.4 Å². The maximum atomic E-state index is 13.9. The molecule has 0 radical (unpaired) electrons. The molecular weight excluding hydrogens is 667 g/mol. The van der Waals surface area contributed by atoms with Crippen LogP contribution in [-0.2, 0) is 41.1 Å². The van der Waals surface area contributed by atoms with Crippen LogP contribution in [0, 0.1) is 0 Å². The Morgan fingerprint density at radius 3 is 2.32 bits per heavy atom. The first-order valence-corrected chi connectivity index (χ1v) is 19.3. The molecule has 5 rings (SSSR count). The van der Waals surface area contributed by atoms with Crippen LogP contribution in [0.15, 0.2) is 54.9 Å². The Labute approximate surface area is 276 Å². The molecule has 0 saturated carbocycles. The lowest BCUT2D eigenvalue weighted by Crippen LogP contribution is -2.30. The van der Waals surface area contributed by atoms with Gasteiger partial charge in [0.2, 0.25) is 5.95 Å². The smallest absolute Gasteiger partial charge is 0.404 e. The number of hydrogen-bond acceptors (Lipinski definition) is 11. The molecule has 0 aliphatic heterocycles. The van der Waals surface area contributed by atoms with Crippen LogP contribution in [0.4, 0.5) is 17.3 Å². The highest BCUT2D eigenvalue weighted by Crippen LogP contribution is 2.56. The molecule has 2 aromatic heterocycles. The summed E-state index contributed by atoms with van der Waals surface area (Å²) in [6.45, 7) is 10.7. The van der Waals surface area contributed by atoms with Gasteiger partial charge < -0.3 is 9.84 Å². The molecule has 47 heavy (non-hydrogen) atoms. The van der Waals surface area contributed by atoms with Crippen molar-refractivity contribution in [3.63, 3.8) is 0 Å². The van der Waals surface area contributed by atoms with Gasteiger partial charge in [0.1, 0.15) is 11.6 Å². The SMILES string of the molecule is CC(C)(C)OP(=O)(Oc1cccc2c1CCC2n1ncc2cnc(Nc3ccc(N(CS(C)(=O)=O)S(=O)O)cc3)nc21)OC(C)(C)C. The van der Waals surface area contributed by atoms with Crippen molar-refractivity contribution in [2.45, 2.75) is 71.6 Å². The zero-order valence-corrected chi connectivity index (χ0v) is 29.7. The first kappa shape index (κ1) is 34.9. The van der Waals surface area contributed by atoms with Crippen LogP contribution < -0.4 is 14.1 Å². The van der Waals surface area contributed by atoms with Crippen molar-refractivity contribution in [1.29, 1.82) is 0 Å². The summed E-state index contributed by atoms with van der Waals surface area (Å²) >= 11 is -2.53.